The van der Waals surface area contributed by atoms with Crippen LogP contribution in [0.25, 0.3) is 0 Å². The number of rotatable bonds is 9. The molecule has 1 amide bonds. The molecule has 0 fully saturated rings. The van der Waals surface area contributed by atoms with E-state index >= 15 is 0 Å². The van der Waals surface area contributed by atoms with Crippen molar-refractivity contribution in [1.29, 1.82) is 0 Å². The molecule has 2 aromatic rings. The number of carbonyl (C=O) groups excluding carboxylic acids is 1. The van der Waals surface area contributed by atoms with E-state index in [0.29, 0.717) is 18.7 Å². The monoisotopic (exact) mass is 403 g/mol. The summed E-state index contributed by atoms with van der Waals surface area (Å²) in [7, 11) is 0.334. The molecule has 0 unspecified atom stereocenters. The molecule has 2 rings (SSSR count). The third-order valence-corrected chi connectivity index (χ3v) is 6.14. The van der Waals surface area contributed by atoms with Crippen molar-refractivity contribution in [1.82, 2.24) is 14.9 Å². The highest BCUT2D eigenvalue weighted by Gasteiger charge is 2.18. The van der Waals surface area contributed by atoms with E-state index in [1.165, 1.54) is 17.7 Å². The molecule has 0 aliphatic rings. The number of sulfonamides is 1. The second-order valence-corrected chi connectivity index (χ2v) is 8.58. The predicted molar refractivity (Wildman–Crippen MR) is 112 cm³/mol. The minimum atomic E-state index is -3.60. The standard InChI is InChI=1S/C21H29N3O3S/c1-5-16-10-12-17(13-11-16)20(24(3)4)15-22-21(25)18-8-7-9-19(14-18)28(26,27)23-6-2/h7-14,20,23H,5-6,15H2,1-4H3,(H,22,25)/t20-/m0/s1. The minimum Gasteiger partial charge on any atom is -0.350 e. The van der Waals surface area contributed by atoms with Gasteiger partial charge in [0.15, 0.2) is 0 Å². The Morgan fingerprint density at radius 1 is 1.07 bits per heavy atom. The smallest absolute Gasteiger partial charge is 0.251 e. The van der Waals surface area contributed by atoms with Gasteiger partial charge in [0, 0.05) is 18.7 Å². The van der Waals surface area contributed by atoms with Crippen molar-refractivity contribution in [2.24, 2.45) is 0 Å². The number of hydrogen-bond donors (Lipinski definition) is 2. The fraction of sp³-hybridized carbons (Fsp3) is 0.381. The largest absolute Gasteiger partial charge is 0.350 e. The lowest BCUT2D eigenvalue weighted by atomic mass is 10.0. The first-order valence-electron chi connectivity index (χ1n) is 9.41. The summed E-state index contributed by atoms with van der Waals surface area (Å²) in [6, 6.07) is 14.4. The molecule has 28 heavy (non-hydrogen) atoms. The van der Waals surface area contributed by atoms with Crippen LogP contribution in [0.15, 0.2) is 53.4 Å². The Labute approximate surface area is 168 Å². The van der Waals surface area contributed by atoms with E-state index in [0.717, 1.165) is 12.0 Å². The Hall–Kier alpha value is -2.22. The first kappa shape index (κ1) is 22.1. The van der Waals surface area contributed by atoms with E-state index in [-0.39, 0.29) is 16.8 Å². The molecule has 0 aliphatic carbocycles. The number of likely N-dealkylation sites (N-methyl/N-ethyl adjacent to an activating group) is 1. The van der Waals surface area contributed by atoms with Gasteiger partial charge in [0.05, 0.1) is 10.9 Å². The predicted octanol–water partition coefficient (Wildman–Crippen LogP) is 2.58. The topological polar surface area (TPSA) is 78.5 Å². The number of aryl methyl sites for hydroxylation is 1. The highest BCUT2D eigenvalue weighted by Crippen LogP contribution is 2.19. The zero-order valence-electron chi connectivity index (χ0n) is 16.9. The molecule has 1 atom stereocenters. The Morgan fingerprint density at radius 3 is 2.32 bits per heavy atom. The number of carbonyl (C=O) groups is 1. The van der Waals surface area contributed by atoms with E-state index in [9.17, 15) is 13.2 Å². The third-order valence-electron chi connectivity index (χ3n) is 4.59. The second kappa shape index (κ2) is 9.82. The molecule has 152 valence electrons. The van der Waals surface area contributed by atoms with Crippen LogP contribution in [0, 0.1) is 0 Å². The second-order valence-electron chi connectivity index (χ2n) is 6.81. The van der Waals surface area contributed by atoms with Crippen LogP contribution in [0.3, 0.4) is 0 Å². The first-order chi connectivity index (χ1) is 13.3. The molecule has 0 radical (unpaired) electrons. The van der Waals surface area contributed by atoms with Gasteiger partial charge in [-0.15, -0.1) is 0 Å². The molecule has 2 N–H and O–H groups in total. The van der Waals surface area contributed by atoms with Crippen LogP contribution in [0.4, 0.5) is 0 Å². The molecule has 0 aromatic heterocycles. The van der Waals surface area contributed by atoms with Crippen LogP contribution in [0.1, 0.15) is 41.4 Å². The molecule has 0 spiro atoms. The quantitative estimate of drug-likeness (QED) is 0.675. The SMILES string of the molecule is CCNS(=O)(=O)c1cccc(C(=O)NC[C@@H](c2ccc(CC)cc2)N(C)C)c1. The maximum atomic E-state index is 12.6. The van der Waals surface area contributed by atoms with Crippen molar-refractivity contribution in [2.75, 3.05) is 27.2 Å². The van der Waals surface area contributed by atoms with Gasteiger partial charge >= 0.3 is 0 Å². The molecule has 6 nitrogen and oxygen atoms in total. The fourth-order valence-corrected chi connectivity index (χ4v) is 4.03. The summed E-state index contributed by atoms with van der Waals surface area (Å²) in [5, 5.41) is 2.92. The zero-order valence-corrected chi connectivity index (χ0v) is 17.7. The molecular formula is C21H29N3O3S. The van der Waals surface area contributed by atoms with Gasteiger partial charge in [-0.25, -0.2) is 13.1 Å². The van der Waals surface area contributed by atoms with Crippen LogP contribution < -0.4 is 10.0 Å². The summed E-state index contributed by atoms with van der Waals surface area (Å²) < 4.78 is 26.7. The van der Waals surface area contributed by atoms with Gasteiger partial charge in [-0.1, -0.05) is 44.2 Å². The maximum absolute atomic E-state index is 12.6. The van der Waals surface area contributed by atoms with Crippen molar-refractivity contribution >= 4 is 15.9 Å². The molecular weight excluding hydrogens is 374 g/mol. The van der Waals surface area contributed by atoms with Gasteiger partial charge < -0.3 is 10.2 Å². The van der Waals surface area contributed by atoms with E-state index in [1.807, 2.05) is 19.0 Å². The normalized spacial score (nSPS) is 12.8. The van der Waals surface area contributed by atoms with Gasteiger partial charge in [-0.05, 0) is 49.8 Å². The molecule has 7 heteroatoms. The van der Waals surface area contributed by atoms with Crippen molar-refractivity contribution in [3.05, 3.63) is 65.2 Å². The Bertz CT molecular complexity index is 893. The van der Waals surface area contributed by atoms with Crippen LogP contribution in [-0.4, -0.2) is 46.4 Å². The molecule has 0 saturated heterocycles. The molecule has 2 aromatic carbocycles. The average Bonchev–Trinajstić information content (AvgIpc) is 2.68. The summed E-state index contributed by atoms with van der Waals surface area (Å²) in [4.78, 5) is 14.7. The summed E-state index contributed by atoms with van der Waals surface area (Å²) in [6.45, 7) is 4.53. The minimum absolute atomic E-state index is 0.0172. The molecule has 0 saturated carbocycles. The summed E-state index contributed by atoms with van der Waals surface area (Å²) >= 11 is 0. The van der Waals surface area contributed by atoms with E-state index in [1.54, 1.807) is 19.1 Å². The number of hydrogen-bond acceptors (Lipinski definition) is 4. The maximum Gasteiger partial charge on any atom is 0.251 e. The number of nitrogens with one attached hydrogen (secondary N) is 2. The van der Waals surface area contributed by atoms with Crippen LogP contribution in [-0.2, 0) is 16.4 Å². The Morgan fingerprint density at radius 2 is 1.75 bits per heavy atom. The van der Waals surface area contributed by atoms with Gasteiger partial charge in [-0.3, -0.25) is 4.79 Å². The van der Waals surface area contributed by atoms with Gasteiger partial charge in [-0.2, -0.15) is 0 Å². The average molecular weight is 404 g/mol. The van der Waals surface area contributed by atoms with Gasteiger partial charge in [0.2, 0.25) is 10.0 Å². The van der Waals surface area contributed by atoms with Crippen molar-refractivity contribution in [2.45, 2.75) is 31.2 Å². The fourth-order valence-electron chi connectivity index (χ4n) is 2.94. The highest BCUT2D eigenvalue weighted by molar-refractivity contribution is 7.89. The van der Waals surface area contributed by atoms with E-state index in [4.69, 9.17) is 0 Å². The molecule has 0 bridgehead atoms. The van der Waals surface area contributed by atoms with Gasteiger partial charge in [0.25, 0.3) is 5.91 Å². The first-order valence-corrected chi connectivity index (χ1v) is 10.9. The number of benzene rings is 2. The number of nitrogens with zero attached hydrogens (tertiary/aromatic N) is 1. The zero-order chi connectivity index (χ0) is 20.7. The highest BCUT2D eigenvalue weighted by atomic mass is 32.2. The lowest BCUT2D eigenvalue weighted by Crippen LogP contribution is -2.34. The van der Waals surface area contributed by atoms with E-state index < -0.39 is 10.0 Å². The molecule has 0 heterocycles. The lowest BCUT2D eigenvalue weighted by molar-refractivity contribution is 0.0941. The number of amides is 1. The Kier molecular flexibility index (Phi) is 7.74. The molecule has 0 aliphatic heterocycles. The Balaban J connectivity index is 2.12. The summed E-state index contributed by atoms with van der Waals surface area (Å²) in [5.74, 6) is -0.300. The van der Waals surface area contributed by atoms with Crippen LogP contribution in [0.2, 0.25) is 0 Å². The van der Waals surface area contributed by atoms with E-state index in [2.05, 4.69) is 41.2 Å². The van der Waals surface area contributed by atoms with Crippen molar-refractivity contribution < 1.29 is 13.2 Å². The van der Waals surface area contributed by atoms with Crippen molar-refractivity contribution in [3.8, 4) is 0 Å². The summed E-state index contributed by atoms with van der Waals surface area (Å²) in [5.41, 5.74) is 2.70. The van der Waals surface area contributed by atoms with Crippen LogP contribution >= 0.6 is 0 Å². The van der Waals surface area contributed by atoms with Gasteiger partial charge in [0.1, 0.15) is 0 Å². The summed E-state index contributed by atoms with van der Waals surface area (Å²) in [6.07, 6.45) is 0.982. The van der Waals surface area contributed by atoms with Crippen molar-refractivity contribution in [3.63, 3.8) is 0 Å². The lowest BCUT2D eigenvalue weighted by Gasteiger charge is -2.25. The van der Waals surface area contributed by atoms with Crippen LogP contribution in [0.5, 0.6) is 0 Å². The third kappa shape index (κ3) is 5.64.